The van der Waals surface area contributed by atoms with Crippen LogP contribution in [0.4, 0.5) is 0 Å². The lowest BCUT2D eigenvalue weighted by Gasteiger charge is -2.10. The van der Waals surface area contributed by atoms with Crippen LogP contribution < -0.4 is 5.32 Å². The fraction of sp³-hybridized carbons (Fsp3) is 0.182. The monoisotopic (exact) mass is 275 g/mol. The zero-order chi connectivity index (χ0) is 11.0. The number of nitrogens with one attached hydrogen (secondary N) is 1. The molecule has 16 heavy (non-hydrogen) atoms. The van der Waals surface area contributed by atoms with Crippen molar-refractivity contribution in [3.63, 3.8) is 0 Å². The maximum Gasteiger partial charge on any atom is 0.164 e. The van der Waals surface area contributed by atoms with Crippen molar-refractivity contribution in [2.45, 2.75) is 6.04 Å². The minimum atomic E-state index is 0.112. The second-order valence-corrected chi connectivity index (χ2v) is 4.32. The first-order valence-corrected chi connectivity index (χ1v) is 5.72. The van der Waals surface area contributed by atoms with Gasteiger partial charge in [-0.25, -0.2) is 0 Å². The van der Waals surface area contributed by atoms with Gasteiger partial charge in [-0.2, -0.15) is 0 Å². The van der Waals surface area contributed by atoms with Crippen molar-refractivity contribution >= 4 is 33.3 Å². The Bertz CT molecular complexity index is 567. The Hall–Kier alpha value is -1.49. The molecule has 2 heterocycles. The van der Waals surface area contributed by atoms with Crippen molar-refractivity contribution < 1.29 is 0 Å². The third kappa shape index (κ3) is 1.48. The van der Waals surface area contributed by atoms with Crippen LogP contribution in [-0.2, 0) is 0 Å². The summed E-state index contributed by atoms with van der Waals surface area (Å²) in [6.07, 6.45) is 6.15. The maximum atomic E-state index is 4.32. The van der Waals surface area contributed by atoms with Gasteiger partial charge in [-0.05, 0) is 27.6 Å². The summed E-state index contributed by atoms with van der Waals surface area (Å²) >= 11 is 3.57. The molecule has 0 saturated carbocycles. The van der Waals surface area contributed by atoms with Gasteiger partial charge in [0.2, 0.25) is 0 Å². The number of fused-ring (bicyclic) bond motifs is 1. The number of aromatic nitrogens is 2. The lowest BCUT2D eigenvalue weighted by Crippen LogP contribution is -2.10. The molecule has 1 unspecified atom stereocenters. The molecule has 1 atom stereocenters. The highest BCUT2D eigenvalue weighted by Crippen LogP contribution is 2.31. The predicted molar refractivity (Wildman–Crippen MR) is 65.4 cm³/mol. The topological polar surface area (TPSA) is 50.2 Å². The molecule has 1 aromatic carbocycles. The number of aliphatic imine (C=N–C) groups is 1. The Balaban J connectivity index is 2.19. The first kappa shape index (κ1) is 9.72. The molecule has 1 aliphatic heterocycles. The van der Waals surface area contributed by atoms with E-state index in [9.17, 15) is 0 Å². The lowest BCUT2D eigenvalue weighted by molar-refractivity contribution is 0.749. The van der Waals surface area contributed by atoms with E-state index >= 15 is 0 Å². The molecule has 4 nitrogen and oxygen atoms in total. The largest absolute Gasteiger partial charge is 0.365 e. The number of halogens is 1. The Labute approximate surface area is 101 Å². The van der Waals surface area contributed by atoms with Crippen LogP contribution >= 0.6 is 15.9 Å². The van der Waals surface area contributed by atoms with Crippen LogP contribution in [0.5, 0.6) is 0 Å². The van der Waals surface area contributed by atoms with Gasteiger partial charge in [0, 0.05) is 18.9 Å². The van der Waals surface area contributed by atoms with Crippen molar-refractivity contribution in [2.24, 2.45) is 4.99 Å². The molecule has 0 saturated heterocycles. The van der Waals surface area contributed by atoms with Gasteiger partial charge in [-0.1, -0.05) is 6.07 Å². The summed E-state index contributed by atoms with van der Waals surface area (Å²) in [5.74, 6) is 0. The van der Waals surface area contributed by atoms with Gasteiger partial charge < -0.3 is 5.32 Å². The highest BCUT2D eigenvalue weighted by molar-refractivity contribution is 9.10. The van der Waals surface area contributed by atoms with Crippen LogP contribution in [0, 0.1) is 0 Å². The van der Waals surface area contributed by atoms with Crippen LogP contribution in [0.15, 0.2) is 34.0 Å². The van der Waals surface area contributed by atoms with Crippen LogP contribution in [0.1, 0.15) is 11.6 Å². The van der Waals surface area contributed by atoms with Gasteiger partial charge >= 0.3 is 0 Å². The van der Waals surface area contributed by atoms with Crippen molar-refractivity contribution in [1.82, 2.24) is 15.3 Å². The fourth-order valence-corrected chi connectivity index (χ4v) is 2.47. The first-order valence-electron chi connectivity index (χ1n) is 4.93. The minimum absolute atomic E-state index is 0.112. The Morgan fingerprint density at radius 2 is 2.19 bits per heavy atom. The predicted octanol–water partition coefficient (Wildman–Crippen LogP) is 1.94. The van der Waals surface area contributed by atoms with Gasteiger partial charge in [0.15, 0.2) is 6.34 Å². The van der Waals surface area contributed by atoms with Crippen LogP contribution in [0.3, 0.4) is 0 Å². The highest BCUT2D eigenvalue weighted by Gasteiger charge is 2.18. The van der Waals surface area contributed by atoms with Crippen molar-refractivity contribution in [3.05, 3.63) is 34.6 Å². The van der Waals surface area contributed by atoms with Crippen molar-refractivity contribution in [2.75, 3.05) is 6.54 Å². The molecule has 1 aliphatic rings. The normalized spacial score (nSPS) is 18.9. The summed E-state index contributed by atoms with van der Waals surface area (Å²) in [4.78, 5) is 12.8. The van der Waals surface area contributed by atoms with Crippen molar-refractivity contribution in [3.8, 4) is 0 Å². The van der Waals surface area contributed by atoms with E-state index in [2.05, 4.69) is 42.5 Å². The Kier molecular flexibility index (Phi) is 2.32. The fourth-order valence-electron chi connectivity index (χ4n) is 1.77. The summed E-state index contributed by atoms with van der Waals surface area (Å²) in [5, 5.41) is 2.97. The smallest absolute Gasteiger partial charge is 0.164 e. The molecule has 5 heteroatoms. The standard InChI is InChI=1S/C11H8BrN4/c12-10-7(9-5-13-6-16-9)1-2-8-11(10)15-4-3-14-8/h1-4,9H,5H2,(H,13,16). The van der Waals surface area contributed by atoms with E-state index in [4.69, 9.17) is 0 Å². The SMILES string of the molecule is Brc1c(C2CN[C]=N2)ccc2nccnc12. The quantitative estimate of drug-likeness (QED) is 0.866. The number of nitrogens with zero attached hydrogens (tertiary/aromatic N) is 3. The average molecular weight is 276 g/mol. The molecule has 1 N–H and O–H groups in total. The van der Waals surface area contributed by atoms with Gasteiger partial charge in [-0.15, -0.1) is 0 Å². The Morgan fingerprint density at radius 3 is 3.00 bits per heavy atom. The molecular weight excluding hydrogens is 268 g/mol. The van der Waals surface area contributed by atoms with Gasteiger partial charge in [0.05, 0.1) is 16.0 Å². The molecule has 1 radical (unpaired) electrons. The zero-order valence-corrected chi connectivity index (χ0v) is 9.90. The summed E-state index contributed by atoms with van der Waals surface area (Å²) in [6.45, 7) is 0.782. The third-order valence-electron chi connectivity index (χ3n) is 2.56. The van der Waals surface area contributed by atoms with Crippen molar-refractivity contribution in [1.29, 1.82) is 0 Å². The van der Waals surface area contributed by atoms with Gasteiger partial charge in [0.1, 0.15) is 5.52 Å². The van der Waals surface area contributed by atoms with E-state index in [1.54, 1.807) is 12.4 Å². The molecule has 0 aliphatic carbocycles. The molecular formula is C11H8BrN4. The van der Waals surface area contributed by atoms with E-state index in [1.165, 1.54) is 0 Å². The number of hydrogen-bond donors (Lipinski definition) is 1. The number of hydrogen-bond acceptors (Lipinski definition) is 4. The summed E-state index contributed by atoms with van der Waals surface area (Å²) in [6, 6.07) is 4.11. The van der Waals surface area contributed by atoms with Crippen LogP contribution in [0.25, 0.3) is 11.0 Å². The van der Waals surface area contributed by atoms with E-state index < -0.39 is 0 Å². The minimum Gasteiger partial charge on any atom is -0.365 e. The highest BCUT2D eigenvalue weighted by atomic mass is 79.9. The Morgan fingerprint density at radius 1 is 1.31 bits per heavy atom. The van der Waals surface area contributed by atoms with E-state index in [-0.39, 0.29) is 6.04 Å². The molecule has 0 bridgehead atoms. The summed E-state index contributed by atoms with van der Waals surface area (Å²) in [7, 11) is 0. The molecule has 1 aromatic heterocycles. The van der Waals surface area contributed by atoms with E-state index in [1.807, 2.05) is 12.1 Å². The number of benzene rings is 1. The molecule has 0 fully saturated rings. The van der Waals surface area contributed by atoms with Gasteiger partial charge in [0.25, 0.3) is 0 Å². The maximum absolute atomic E-state index is 4.32. The number of rotatable bonds is 1. The lowest BCUT2D eigenvalue weighted by atomic mass is 10.1. The molecule has 3 rings (SSSR count). The molecule has 79 valence electrons. The summed E-state index contributed by atoms with van der Waals surface area (Å²) < 4.78 is 0.970. The second-order valence-electron chi connectivity index (χ2n) is 3.53. The van der Waals surface area contributed by atoms with E-state index in [0.717, 1.165) is 27.6 Å². The first-order chi connectivity index (χ1) is 7.86. The van der Waals surface area contributed by atoms with Crippen LogP contribution in [0.2, 0.25) is 0 Å². The van der Waals surface area contributed by atoms with Gasteiger partial charge in [-0.3, -0.25) is 15.0 Å². The van der Waals surface area contributed by atoms with E-state index in [0.29, 0.717) is 0 Å². The second kappa shape index (κ2) is 3.83. The molecule has 0 spiro atoms. The summed E-state index contributed by atoms with van der Waals surface area (Å²) in [5.41, 5.74) is 2.88. The third-order valence-corrected chi connectivity index (χ3v) is 3.40. The average Bonchev–Trinajstić information content (AvgIpc) is 2.83. The zero-order valence-electron chi connectivity index (χ0n) is 8.31. The molecule has 2 aromatic rings. The molecule has 0 amide bonds. The van der Waals surface area contributed by atoms with Crippen LogP contribution in [-0.4, -0.2) is 22.9 Å².